The molecular formula is C23H26N4O2S2. The Morgan fingerprint density at radius 2 is 1.71 bits per heavy atom. The van der Waals surface area contributed by atoms with Gasteiger partial charge in [0.1, 0.15) is 0 Å². The number of nitrogens with one attached hydrogen (secondary N) is 2. The van der Waals surface area contributed by atoms with Crippen LogP contribution in [0.4, 0.5) is 10.8 Å². The minimum Gasteiger partial charge on any atom is -0.325 e. The standard InChI is InChI=1S/C23H26N4O2S2/c1-14-12-15(2)20(16(3)13-14)25-21(29)17(4)30-23-27-26-22(31-23)24-19(28)11-10-18-8-6-5-7-9-18/h5-9,12-13,17H,10-11H2,1-4H3,(H,25,29)(H,24,26,28). The van der Waals surface area contributed by atoms with E-state index < -0.39 is 0 Å². The summed E-state index contributed by atoms with van der Waals surface area (Å²) in [5.74, 6) is -0.198. The second kappa shape index (κ2) is 10.5. The molecule has 0 spiro atoms. The van der Waals surface area contributed by atoms with Crippen LogP contribution in [0.1, 0.15) is 35.6 Å². The van der Waals surface area contributed by atoms with Gasteiger partial charge in [0, 0.05) is 12.1 Å². The van der Waals surface area contributed by atoms with Crippen LogP contribution in [-0.4, -0.2) is 27.3 Å². The Bertz CT molecular complexity index is 1040. The Morgan fingerprint density at radius 1 is 1.03 bits per heavy atom. The van der Waals surface area contributed by atoms with E-state index in [-0.39, 0.29) is 17.1 Å². The van der Waals surface area contributed by atoms with Crippen molar-refractivity contribution in [3.63, 3.8) is 0 Å². The lowest BCUT2D eigenvalue weighted by molar-refractivity contribution is -0.116. The van der Waals surface area contributed by atoms with Crippen molar-refractivity contribution >= 4 is 45.7 Å². The van der Waals surface area contributed by atoms with Gasteiger partial charge >= 0.3 is 0 Å². The van der Waals surface area contributed by atoms with E-state index in [0.29, 0.717) is 22.3 Å². The van der Waals surface area contributed by atoms with Crippen molar-refractivity contribution in [2.45, 2.75) is 50.1 Å². The van der Waals surface area contributed by atoms with Crippen molar-refractivity contribution in [2.24, 2.45) is 0 Å². The predicted octanol–water partition coefficient (Wildman–Crippen LogP) is 5.15. The first-order valence-corrected chi connectivity index (χ1v) is 11.7. The van der Waals surface area contributed by atoms with Crippen molar-refractivity contribution in [1.82, 2.24) is 10.2 Å². The number of rotatable bonds is 8. The fourth-order valence-corrected chi connectivity index (χ4v) is 5.11. The fourth-order valence-electron chi connectivity index (χ4n) is 3.20. The molecule has 0 aliphatic carbocycles. The van der Waals surface area contributed by atoms with Gasteiger partial charge < -0.3 is 10.6 Å². The van der Waals surface area contributed by atoms with Gasteiger partial charge in [0.25, 0.3) is 0 Å². The highest BCUT2D eigenvalue weighted by Gasteiger charge is 2.19. The molecule has 0 bridgehead atoms. The zero-order valence-electron chi connectivity index (χ0n) is 18.1. The summed E-state index contributed by atoms with van der Waals surface area (Å²) in [5, 5.41) is 14.0. The highest BCUT2D eigenvalue weighted by molar-refractivity contribution is 8.02. The van der Waals surface area contributed by atoms with Gasteiger partial charge in [0.05, 0.1) is 5.25 Å². The van der Waals surface area contributed by atoms with Crippen molar-refractivity contribution in [3.05, 3.63) is 64.7 Å². The zero-order chi connectivity index (χ0) is 22.4. The third-order valence-corrected chi connectivity index (χ3v) is 6.73. The van der Waals surface area contributed by atoms with E-state index in [1.54, 1.807) is 0 Å². The van der Waals surface area contributed by atoms with Crippen LogP contribution in [0.2, 0.25) is 0 Å². The summed E-state index contributed by atoms with van der Waals surface area (Å²) in [6.07, 6.45) is 1.04. The van der Waals surface area contributed by atoms with Crippen LogP contribution in [0.3, 0.4) is 0 Å². The molecular weight excluding hydrogens is 428 g/mol. The van der Waals surface area contributed by atoms with E-state index in [4.69, 9.17) is 0 Å². The van der Waals surface area contributed by atoms with Crippen LogP contribution < -0.4 is 10.6 Å². The quantitative estimate of drug-likeness (QED) is 0.363. The smallest absolute Gasteiger partial charge is 0.237 e. The van der Waals surface area contributed by atoms with Crippen LogP contribution in [-0.2, 0) is 16.0 Å². The van der Waals surface area contributed by atoms with Gasteiger partial charge in [-0.1, -0.05) is 71.1 Å². The molecule has 1 aromatic heterocycles. The maximum Gasteiger partial charge on any atom is 0.237 e. The van der Waals surface area contributed by atoms with E-state index in [9.17, 15) is 9.59 Å². The number of anilines is 2. The molecule has 8 heteroatoms. The number of thioether (sulfide) groups is 1. The minimum absolute atomic E-state index is 0.0938. The fraction of sp³-hybridized carbons (Fsp3) is 0.304. The minimum atomic E-state index is -0.352. The maximum absolute atomic E-state index is 12.7. The average molecular weight is 455 g/mol. The molecule has 0 fully saturated rings. The van der Waals surface area contributed by atoms with E-state index in [1.807, 2.05) is 58.0 Å². The second-order valence-corrected chi connectivity index (χ2v) is 10.00. The summed E-state index contributed by atoms with van der Waals surface area (Å²) < 4.78 is 0.637. The summed E-state index contributed by atoms with van der Waals surface area (Å²) in [6.45, 7) is 7.85. The van der Waals surface area contributed by atoms with E-state index in [1.165, 1.54) is 28.7 Å². The van der Waals surface area contributed by atoms with Gasteiger partial charge in [-0.25, -0.2) is 0 Å². The third-order valence-electron chi connectivity index (χ3n) is 4.71. The number of hydrogen-bond acceptors (Lipinski definition) is 6. The summed E-state index contributed by atoms with van der Waals surface area (Å²) in [5.41, 5.74) is 5.22. The van der Waals surface area contributed by atoms with Crippen LogP contribution in [0.5, 0.6) is 0 Å². The zero-order valence-corrected chi connectivity index (χ0v) is 19.7. The Hall–Kier alpha value is -2.71. The third kappa shape index (κ3) is 6.63. The molecule has 162 valence electrons. The van der Waals surface area contributed by atoms with Gasteiger partial charge in [-0.3, -0.25) is 9.59 Å². The van der Waals surface area contributed by atoms with Gasteiger partial charge in [-0.05, 0) is 50.8 Å². The summed E-state index contributed by atoms with van der Waals surface area (Å²) in [4.78, 5) is 24.8. The topological polar surface area (TPSA) is 84.0 Å². The van der Waals surface area contributed by atoms with Crippen molar-refractivity contribution in [3.8, 4) is 0 Å². The van der Waals surface area contributed by atoms with Crippen molar-refractivity contribution < 1.29 is 9.59 Å². The van der Waals surface area contributed by atoms with E-state index in [0.717, 1.165) is 22.4 Å². The summed E-state index contributed by atoms with van der Waals surface area (Å²) >= 11 is 2.60. The van der Waals surface area contributed by atoms with Gasteiger partial charge in [0.2, 0.25) is 16.9 Å². The highest BCUT2D eigenvalue weighted by atomic mass is 32.2. The average Bonchev–Trinajstić information content (AvgIpc) is 3.16. The highest BCUT2D eigenvalue weighted by Crippen LogP contribution is 2.30. The molecule has 2 N–H and O–H groups in total. The normalized spacial score (nSPS) is 11.7. The first-order valence-electron chi connectivity index (χ1n) is 10.0. The first-order chi connectivity index (χ1) is 14.8. The number of carbonyl (C=O) groups is 2. The number of aromatic nitrogens is 2. The molecule has 2 amide bonds. The largest absolute Gasteiger partial charge is 0.325 e. The van der Waals surface area contributed by atoms with E-state index in [2.05, 4.69) is 33.0 Å². The number of amides is 2. The molecule has 2 aromatic carbocycles. The number of nitrogens with zero attached hydrogens (tertiary/aromatic N) is 2. The van der Waals surface area contributed by atoms with Gasteiger partial charge in [-0.2, -0.15) is 0 Å². The molecule has 0 aliphatic rings. The Balaban J connectivity index is 1.51. The number of aryl methyl sites for hydroxylation is 4. The number of benzene rings is 2. The molecule has 1 atom stereocenters. The number of carbonyl (C=O) groups excluding carboxylic acids is 2. The van der Waals surface area contributed by atoms with Crippen LogP contribution in [0.25, 0.3) is 0 Å². The molecule has 1 heterocycles. The van der Waals surface area contributed by atoms with Crippen LogP contribution in [0, 0.1) is 20.8 Å². The van der Waals surface area contributed by atoms with E-state index >= 15 is 0 Å². The second-order valence-electron chi connectivity index (χ2n) is 7.43. The lowest BCUT2D eigenvalue weighted by atomic mass is 10.1. The predicted molar refractivity (Wildman–Crippen MR) is 128 cm³/mol. The van der Waals surface area contributed by atoms with Crippen molar-refractivity contribution in [2.75, 3.05) is 10.6 Å². The van der Waals surface area contributed by atoms with Gasteiger partial charge in [-0.15, -0.1) is 10.2 Å². The van der Waals surface area contributed by atoms with Gasteiger partial charge in [0.15, 0.2) is 4.34 Å². The molecule has 3 aromatic rings. The molecule has 1 unspecified atom stereocenters. The summed E-state index contributed by atoms with van der Waals surface area (Å²) in [7, 11) is 0. The number of hydrogen-bond donors (Lipinski definition) is 2. The molecule has 0 saturated carbocycles. The van der Waals surface area contributed by atoms with Crippen LogP contribution in [0.15, 0.2) is 46.8 Å². The molecule has 0 aliphatic heterocycles. The van der Waals surface area contributed by atoms with Crippen molar-refractivity contribution in [1.29, 1.82) is 0 Å². The first kappa shape index (κ1) is 23.0. The maximum atomic E-state index is 12.7. The molecule has 31 heavy (non-hydrogen) atoms. The molecule has 6 nitrogen and oxygen atoms in total. The Labute approximate surface area is 190 Å². The van der Waals surface area contributed by atoms with Crippen LogP contribution >= 0.6 is 23.1 Å². The SMILES string of the molecule is Cc1cc(C)c(NC(=O)C(C)Sc2nnc(NC(=O)CCc3ccccc3)s2)c(C)c1. The lowest BCUT2D eigenvalue weighted by Crippen LogP contribution is -2.23. The molecule has 0 saturated heterocycles. The molecule has 0 radical (unpaired) electrons. The monoisotopic (exact) mass is 454 g/mol. The summed E-state index contributed by atoms with van der Waals surface area (Å²) in [6, 6.07) is 14.0. The Kier molecular flexibility index (Phi) is 7.81. The lowest BCUT2D eigenvalue weighted by Gasteiger charge is -2.15. The Morgan fingerprint density at radius 3 is 2.39 bits per heavy atom. The molecule has 3 rings (SSSR count).